The number of nitro benzene ring substituents is 1. The number of hydrogen-bond acceptors (Lipinski definition) is 5. The average molecular weight is 272 g/mol. The Balaban J connectivity index is 2.99. The number of nitrogens with zero attached hydrogens (tertiary/aromatic N) is 1. The lowest BCUT2D eigenvalue weighted by atomic mass is 10.1. The van der Waals surface area contributed by atoms with Gasteiger partial charge in [-0.25, -0.2) is 4.39 Å². The molecule has 0 aliphatic rings. The van der Waals surface area contributed by atoms with Gasteiger partial charge < -0.3 is 15.2 Å². The zero-order valence-electron chi connectivity index (χ0n) is 11.0. The molecule has 6 nitrogen and oxygen atoms in total. The highest BCUT2D eigenvalue weighted by Crippen LogP contribution is 2.32. The molecule has 2 atom stereocenters. The van der Waals surface area contributed by atoms with E-state index >= 15 is 0 Å². The summed E-state index contributed by atoms with van der Waals surface area (Å²) in [5.74, 6) is -0.747. The Bertz CT molecular complexity index is 465. The molecule has 2 N–H and O–H groups in total. The largest absolute Gasteiger partial charge is 0.490 e. The smallest absolute Gasteiger partial charge is 0.313 e. The lowest BCUT2D eigenvalue weighted by Crippen LogP contribution is -2.21. The summed E-state index contributed by atoms with van der Waals surface area (Å²) in [4.78, 5) is 10.0. The van der Waals surface area contributed by atoms with Gasteiger partial charge in [0, 0.05) is 12.1 Å². The molecule has 0 aliphatic carbocycles. The van der Waals surface area contributed by atoms with E-state index in [1.165, 1.54) is 13.2 Å². The van der Waals surface area contributed by atoms with Gasteiger partial charge in [0.2, 0.25) is 0 Å². The number of benzene rings is 1. The Labute approximate surface area is 110 Å². The molecule has 106 valence electrons. The minimum Gasteiger partial charge on any atom is -0.490 e. The van der Waals surface area contributed by atoms with E-state index in [-0.39, 0.29) is 17.5 Å². The number of ether oxygens (including phenoxy) is 1. The molecule has 0 aliphatic heterocycles. The number of halogens is 1. The third-order valence-corrected chi connectivity index (χ3v) is 2.56. The van der Waals surface area contributed by atoms with Crippen molar-refractivity contribution in [3.05, 3.63) is 28.1 Å². The van der Waals surface area contributed by atoms with Crippen molar-refractivity contribution in [1.29, 1.82) is 0 Å². The van der Waals surface area contributed by atoms with Gasteiger partial charge in [0.1, 0.15) is 0 Å². The number of aliphatic hydroxyl groups excluding tert-OH is 1. The van der Waals surface area contributed by atoms with E-state index in [0.717, 1.165) is 6.07 Å². The van der Waals surface area contributed by atoms with Crippen LogP contribution in [-0.2, 0) is 0 Å². The summed E-state index contributed by atoms with van der Waals surface area (Å²) in [5.41, 5.74) is -0.315. The molecule has 0 radical (unpaired) electrons. The van der Waals surface area contributed by atoms with E-state index in [0.29, 0.717) is 6.42 Å². The zero-order chi connectivity index (χ0) is 14.6. The maximum absolute atomic E-state index is 13.7. The lowest BCUT2D eigenvalue weighted by molar-refractivity contribution is -0.385. The van der Waals surface area contributed by atoms with Gasteiger partial charge >= 0.3 is 5.69 Å². The van der Waals surface area contributed by atoms with Crippen LogP contribution in [0.4, 0.5) is 15.8 Å². The Morgan fingerprint density at radius 2 is 2.16 bits per heavy atom. The Kier molecular flexibility index (Phi) is 5.05. The van der Waals surface area contributed by atoms with Gasteiger partial charge in [0.15, 0.2) is 11.6 Å². The van der Waals surface area contributed by atoms with E-state index in [1.807, 2.05) is 0 Å². The van der Waals surface area contributed by atoms with Gasteiger partial charge in [-0.3, -0.25) is 10.1 Å². The maximum atomic E-state index is 13.7. The fourth-order valence-electron chi connectivity index (χ4n) is 1.80. The van der Waals surface area contributed by atoms with Crippen LogP contribution in [0.25, 0.3) is 0 Å². The molecule has 0 heterocycles. The average Bonchev–Trinajstić information content (AvgIpc) is 2.29. The van der Waals surface area contributed by atoms with Crippen LogP contribution in [0.1, 0.15) is 20.3 Å². The minimum absolute atomic E-state index is 0.0156. The first-order chi connectivity index (χ1) is 8.85. The highest BCUT2D eigenvalue weighted by Gasteiger charge is 2.20. The summed E-state index contributed by atoms with van der Waals surface area (Å²) in [7, 11) is 1.28. The number of hydrogen-bond donors (Lipinski definition) is 2. The predicted octanol–water partition coefficient (Wildman–Crippen LogP) is 2.31. The summed E-state index contributed by atoms with van der Waals surface area (Å²) in [6, 6.07) is 1.88. The second kappa shape index (κ2) is 6.33. The molecule has 1 aromatic carbocycles. The van der Waals surface area contributed by atoms with Crippen LogP contribution < -0.4 is 10.1 Å². The fourth-order valence-corrected chi connectivity index (χ4v) is 1.80. The van der Waals surface area contributed by atoms with Gasteiger partial charge in [-0.15, -0.1) is 0 Å². The van der Waals surface area contributed by atoms with Crippen LogP contribution in [0.15, 0.2) is 12.1 Å². The monoisotopic (exact) mass is 272 g/mol. The fraction of sp³-hybridized carbons (Fsp3) is 0.500. The molecule has 0 bridgehead atoms. The van der Waals surface area contributed by atoms with E-state index < -0.39 is 22.5 Å². The van der Waals surface area contributed by atoms with Crippen LogP contribution in [0.3, 0.4) is 0 Å². The van der Waals surface area contributed by atoms with E-state index in [4.69, 9.17) is 4.74 Å². The third kappa shape index (κ3) is 4.06. The molecular weight excluding hydrogens is 255 g/mol. The molecule has 0 amide bonds. The van der Waals surface area contributed by atoms with Crippen molar-refractivity contribution in [2.75, 3.05) is 12.4 Å². The molecular formula is C12H17FN2O4. The molecule has 0 fully saturated rings. The Morgan fingerprint density at radius 1 is 1.53 bits per heavy atom. The molecule has 7 heteroatoms. The van der Waals surface area contributed by atoms with Crippen molar-refractivity contribution in [1.82, 2.24) is 0 Å². The summed E-state index contributed by atoms with van der Waals surface area (Å²) in [6.45, 7) is 3.41. The summed E-state index contributed by atoms with van der Waals surface area (Å²) < 4.78 is 18.6. The first-order valence-corrected chi connectivity index (χ1v) is 5.81. The van der Waals surface area contributed by atoms with E-state index in [2.05, 4.69) is 5.32 Å². The normalized spacial score (nSPS) is 13.7. The lowest BCUT2D eigenvalue weighted by Gasteiger charge is -2.17. The SMILES string of the molecule is COc1cc(NC(C)CC(C)O)c(F)cc1[N+](=O)[O-]. The van der Waals surface area contributed by atoms with Gasteiger partial charge in [-0.05, 0) is 20.3 Å². The quantitative estimate of drug-likeness (QED) is 0.613. The van der Waals surface area contributed by atoms with Crippen LogP contribution in [0, 0.1) is 15.9 Å². The molecule has 0 saturated carbocycles. The zero-order valence-corrected chi connectivity index (χ0v) is 11.0. The Morgan fingerprint density at radius 3 is 2.63 bits per heavy atom. The topological polar surface area (TPSA) is 84.6 Å². The second-order valence-electron chi connectivity index (χ2n) is 4.39. The predicted molar refractivity (Wildman–Crippen MR) is 69.0 cm³/mol. The van der Waals surface area contributed by atoms with Crippen molar-refractivity contribution in [3.63, 3.8) is 0 Å². The number of methoxy groups -OCH3 is 1. The highest BCUT2D eigenvalue weighted by molar-refractivity contribution is 5.59. The van der Waals surface area contributed by atoms with E-state index in [9.17, 15) is 19.6 Å². The first kappa shape index (κ1) is 15.2. The second-order valence-corrected chi connectivity index (χ2v) is 4.39. The Hall–Kier alpha value is -1.89. The molecule has 1 rings (SSSR count). The standard InChI is InChI=1S/C12H17FN2O4/c1-7(4-8(2)16)14-10-6-12(19-3)11(15(17)18)5-9(10)13/h5-8,14,16H,4H2,1-3H3. The van der Waals surface area contributed by atoms with Crippen LogP contribution in [0.5, 0.6) is 5.75 Å². The van der Waals surface area contributed by atoms with Crippen molar-refractivity contribution in [2.45, 2.75) is 32.4 Å². The highest BCUT2D eigenvalue weighted by atomic mass is 19.1. The third-order valence-electron chi connectivity index (χ3n) is 2.56. The molecule has 0 spiro atoms. The first-order valence-electron chi connectivity index (χ1n) is 5.81. The molecule has 19 heavy (non-hydrogen) atoms. The molecule has 1 aromatic rings. The molecule has 0 aromatic heterocycles. The van der Waals surface area contributed by atoms with Crippen molar-refractivity contribution >= 4 is 11.4 Å². The van der Waals surface area contributed by atoms with Crippen molar-refractivity contribution in [2.24, 2.45) is 0 Å². The van der Waals surface area contributed by atoms with Crippen LogP contribution in [0.2, 0.25) is 0 Å². The van der Waals surface area contributed by atoms with Crippen molar-refractivity contribution in [3.8, 4) is 5.75 Å². The molecule has 2 unspecified atom stereocenters. The maximum Gasteiger partial charge on any atom is 0.313 e. The molecule has 0 saturated heterocycles. The summed E-state index contributed by atoms with van der Waals surface area (Å²) in [5, 5.41) is 22.8. The number of anilines is 1. The number of nitro groups is 1. The number of nitrogens with one attached hydrogen (secondary N) is 1. The minimum atomic E-state index is -0.732. The van der Waals surface area contributed by atoms with Gasteiger partial charge in [0.25, 0.3) is 0 Å². The van der Waals surface area contributed by atoms with Crippen LogP contribution in [-0.4, -0.2) is 29.3 Å². The van der Waals surface area contributed by atoms with Gasteiger partial charge in [-0.2, -0.15) is 0 Å². The number of rotatable bonds is 6. The summed E-state index contributed by atoms with van der Waals surface area (Å²) in [6.07, 6.45) is -0.0934. The van der Waals surface area contributed by atoms with Gasteiger partial charge in [0.05, 0.1) is 29.9 Å². The summed E-state index contributed by atoms with van der Waals surface area (Å²) >= 11 is 0. The van der Waals surface area contributed by atoms with Crippen LogP contribution >= 0.6 is 0 Å². The van der Waals surface area contributed by atoms with Crippen molar-refractivity contribution < 1.29 is 19.2 Å². The van der Waals surface area contributed by atoms with E-state index in [1.54, 1.807) is 13.8 Å². The van der Waals surface area contributed by atoms with Gasteiger partial charge in [-0.1, -0.05) is 0 Å². The number of aliphatic hydroxyl groups is 1.